The quantitative estimate of drug-likeness (QED) is 0.0996. The Bertz CT molecular complexity index is 413. The van der Waals surface area contributed by atoms with E-state index in [2.05, 4.69) is 28.1 Å². The highest BCUT2D eigenvalue weighted by Gasteiger charge is 2.20. The number of quaternary nitrogens is 1. The summed E-state index contributed by atoms with van der Waals surface area (Å²) in [5.41, 5.74) is 0. The highest BCUT2D eigenvalue weighted by molar-refractivity contribution is 7.47. The van der Waals surface area contributed by atoms with E-state index in [9.17, 15) is 9.46 Å². The maximum absolute atomic E-state index is 11.8. The number of unbranched alkanes of at least 4 members (excludes halogenated alkanes) is 15. The van der Waals surface area contributed by atoms with Crippen molar-refractivity contribution in [2.45, 2.75) is 116 Å². The van der Waals surface area contributed by atoms with Crippen LogP contribution in [0.4, 0.5) is 0 Å². The van der Waals surface area contributed by atoms with Crippen molar-refractivity contribution in [3.63, 3.8) is 0 Å². The van der Waals surface area contributed by atoms with Gasteiger partial charge >= 0.3 is 7.82 Å². The smallest absolute Gasteiger partial charge is 0.331 e. The molecule has 0 saturated heterocycles. The van der Waals surface area contributed by atoms with Crippen LogP contribution in [0.2, 0.25) is 0 Å². The molecule has 1 unspecified atom stereocenters. The van der Waals surface area contributed by atoms with E-state index in [0.717, 1.165) is 30.3 Å². The molecular weight excluding hydrogens is 397 g/mol. The number of phosphoric acid groups is 1. The van der Waals surface area contributed by atoms with E-state index in [1.807, 2.05) is 0 Å². The molecule has 6 heteroatoms. The lowest BCUT2D eigenvalue weighted by molar-refractivity contribution is -0.870. The minimum atomic E-state index is -3.87. The third kappa shape index (κ3) is 24.3. The van der Waals surface area contributed by atoms with Gasteiger partial charge in [0.05, 0.1) is 40.9 Å². The highest BCUT2D eigenvalue weighted by Crippen LogP contribution is 2.43. The molecule has 0 aliphatic carbocycles. The minimum Gasteiger partial charge on any atom is -0.331 e. The summed E-state index contributed by atoms with van der Waals surface area (Å²) >= 11 is 0. The third-order valence-corrected chi connectivity index (χ3v) is 6.50. The van der Waals surface area contributed by atoms with E-state index >= 15 is 0 Å². The van der Waals surface area contributed by atoms with Gasteiger partial charge in [0.25, 0.3) is 0 Å². The summed E-state index contributed by atoms with van der Waals surface area (Å²) < 4.78 is 22.7. The minimum absolute atomic E-state index is 0.266. The molecule has 0 fully saturated rings. The summed E-state index contributed by atoms with van der Waals surface area (Å²) in [6.45, 7) is 3.75. The summed E-state index contributed by atoms with van der Waals surface area (Å²) in [7, 11) is 2.40. The molecule has 0 spiro atoms. The lowest BCUT2D eigenvalue weighted by atomic mass is 10.0. The van der Waals surface area contributed by atoms with Crippen molar-refractivity contribution in [2.75, 3.05) is 40.9 Å². The first-order valence-corrected chi connectivity index (χ1v) is 14.2. The molecule has 30 heavy (non-hydrogen) atoms. The van der Waals surface area contributed by atoms with E-state index in [4.69, 9.17) is 9.05 Å². The summed E-state index contributed by atoms with van der Waals surface area (Å²) in [5.74, 6) is 0. The fourth-order valence-electron chi connectivity index (χ4n) is 3.59. The predicted molar refractivity (Wildman–Crippen MR) is 129 cm³/mol. The van der Waals surface area contributed by atoms with Gasteiger partial charge in [-0.3, -0.25) is 9.05 Å². The molecule has 0 rings (SSSR count). The molecule has 0 aliphatic heterocycles. The van der Waals surface area contributed by atoms with Crippen LogP contribution in [0.5, 0.6) is 0 Å². The second-order valence-electron chi connectivity index (χ2n) is 9.81. The van der Waals surface area contributed by atoms with Gasteiger partial charge in [0.2, 0.25) is 0 Å². The first kappa shape index (κ1) is 30.1. The highest BCUT2D eigenvalue weighted by atomic mass is 31.2. The topological polar surface area (TPSA) is 55.8 Å². The summed E-state index contributed by atoms with van der Waals surface area (Å²) in [6, 6.07) is 0. The van der Waals surface area contributed by atoms with Gasteiger partial charge in [0, 0.05) is 6.42 Å². The molecule has 0 amide bonds. The van der Waals surface area contributed by atoms with Crippen molar-refractivity contribution in [3.8, 4) is 0 Å². The summed E-state index contributed by atoms with van der Waals surface area (Å²) in [5, 5.41) is 0. The van der Waals surface area contributed by atoms with E-state index in [1.54, 1.807) is 0 Å². The number of rotatable bonds is 23. The monoisotopic (exact) mass is 450 g/mol. The Kier molecular flexibility index (Phi) is 19.8. The van der Waals surface area contributed by atoms with Gasteiger partial charge in [-0.25, -0.2) is 4.57 Å². The zero-order valence-corrected chi connectivity index (χ0v) is 21.6. The van der Waals surface area contributed by atoms with Crippen LogP contribution in [0.1, 0.15) is 116 Å². The van der Waals surface area contributed by atoms with Crippen molar-refractivity contribution < 1.29 is 23.0 Å². The molecule has 182 valence electrons. The number of hydrogen-bond acceptors (Lipinski definition) is 3. The Morgan fingerprint density at radius 1 is 0.600 bits per heavy atom. The van der Waals surface area contributed by atoms with Gasteiger partial charge in [-0.05, 0) is 6.42 Å². The van der Waals surface area contributed by atoms with Crippen molar-refractivity contribution in [3.05, 3.63) is 0 Å². The fraction of sp³-hybridized carbons (Fsp3) is 1.00. The first-order chi connectivity index (χ1) is 14.3. The van der Waals surface area contributed by atoms with E-state index in [0.29, 0.717) is 6.61 Å². The summed E-state index contributed by atoms with van der Waals surface area (Å²) in [4.78, 5) is 9.68. The van der Waals surface area contributed by atoms with Crippen molar-refractivity contribution in [1.29, 1.82) is 0 Å². The van der Waals surface area contributed by atoms with Crippen LogP contribution in [-0.2, 0) is 13.6 Å². The van der Waals surface area contributed by atoms with Crippen LogP contribution in [-0.4, -0.2) is 50.3 Å². The molecule has 5 nitrogen and oxygen atoms in total. The Hall–Kier alpha value is 0.0700. The third-order valence-electron chi connectivity index (χ3n) is 5.48. The molecule has 1 atom stereocenters. The molecule has 0 heterocycles. The number of nitrogens with zero attached hydrogens (tertiary/aromatic N) is 1. The molecule has 1 N–H and O–H groups in total. The largest absolute Gasteiger partial charge is 0.472 e. The molecule has 0 aromatic rings. The SMILES string of the molecule is CCCCCCCCCCCCCCCCCCOP(=O)(O)OCCC[N+](C)(C)C. The normalized spacial score (nSPS) is 14.2. The lowest BCUT2D eigenvalue weighted by Crippen LogP contribution is -2.35. The molecular formula is C24H53NO4P+. The molecule has 0 aromatic heterocycles. The second kappa shape index (κ2) is 19.7. The van der Waals surface area contributed by atoms with Gasteiger partial charge in [-0.1, -0.05) is 103 Å². The van der Waals surface area contributed by atoms with Crippen LogP contribution < -0.4 is 0 Å². The van der Waals surface area contributed by atoms with Gasteiger partial charge in [-0.2, -0.15) is 0 Å². The average Bonchev–Trinajstić information content (AvgIpc) is 2.67. The Labute approximate surface area is 188 Å². The van der Waals surface area contributed by atoms with Crippen molar-refractivity contribution >= 4 is 7.82 Å². The molecule has 0 aromatic carbocycles. The first-order valence-electron chi connectivity index (χ1n) is 12.7. The van der Waals surface area contributed by atoms with E-state index < -0.39 is 7.82 Å². The van der Waals surface area contributed by atoms with Crippen LogP contribution in [0.15, 0.2) is 0 Å². The predicted octanol–water partition coefficient (Wildman–Crippen LogP) is 7.48. The van der Waals surface area contributed by atoms with Gasteiger partial charge in [-0.15, -0.1) is 0 Å². The van der Waals surface area contributed by atoms with Crippen LogP contribution >= 0.6 is 7.82 Å². The van der Waals surface area contributed by atoms with Crippen LogP contribution in [0.3, 0.4) is 0 Å². The van der Waals surface area contributed by atoms with Gasteiger partial charge < -0.3 is 9.38 Å². The Morgan fingerprint density at radius 3 is 1.30 bits per heavy atom. The zero-order valence-electron chi connectivity index (χ0n) is 20.7. The van der Waals surface area contributed by atoms with Crippen LogP contribution in [0.25, 0.3) is 0 Å². The zero-order chi connectivity index (χ0) is 22.6. The van der Waals surface area contributed by atoms with Gasteiger partial charge in [0.15, 0.2) is 0 Å². The van der Waals surface area contributed by atoms with Crippen molar-refractivity contribution in [2.24, 2.45) is 0 Å². The number of hydrogen-bond donors (Lipinski definition) is 1. The molecule has 0 radical (unpaired) electrons. The Balaban J connectivity index is 3.29. The van der Waals surface area contributed by atoms with Gasteiger partial charge in [0.1, 0.15) is 0 Å². The lowest BCUT2D eigenvalue weighted by Gasteiger charge is -2.23. The molecule has 0 saturated carbocycles. The molecule has 0 bridgehead atoms. The van der Waals surface area contributed by atoms with Crippen molar-refractivity contribution in [1.82, 2.24) is 0 Å². The molecule has 0 aliphatic rings. The Morgan fingerprint density at radius 2 is 0.933 bits per heavy atom. The summed E-state index contributed by atoms with van der Waals surface area (Å²) in [6.07, 6.45) is 21.8. The van der Waals surface area contributed by atoms with Crippen LogP contribution in [0, 0.1) is 0 Å². The van der Waals surface area contributed by atoms with E-state index in [-0.39, 0.29) is 6.61 Å². The maximum atomic E-state index is 11.8. The standard InChI is InChI=1S/C24H52NO4P/c1-5-6-7-8-9-10-11-12-13-14-15-16-17-18-19-20-23-28-30(26,27)29-24-21-22-25(2,3)4/h5-24H2,1-4H3/p+1. The number of phosphoric ester groups is 1. The van der Waals surface area contributed by atoms with E-state index in [1.165, 1.54) is 89.9 Å². The average molecular weight is 451 g/mol. The fourth-order valence-corrected chi connectivity index (χ4v) is 4.38. The second-order valence-corrected chi connectivity index (χ2v) is 11.3. The maximum Gasteiger partial charge on any atom is 0.472 e.